The maximum absolute atomic E-state index is 11.5. The molecule has 0 rings (SSSR count). The predicted octanol–water partition coefficient (Wildman–Crippen LogP) is -1.03. The molecule has 0 saturated carbocycles. The lowest BCUT2D eigenvalue weighted by atomic mass is 10.4. The highest BCUT2D eigenvalue weighted by molar-refractivity contribution is 5.59. The van der Waals surface area contributed by atoms with Crippen molar-refractivity contribution in [2.24, 2.45) is 0 Å². The van der Waals surface area contributed by atoms with Crippen molar-refractivity contribution in [3.05, 3.63) is 25.3 Å². The average Bonchev–Trinajstić information content (AvgIpc) is 2.05. The van der Waals surface area contributed by atoms with Crippen LogP contribution in [0.5, 0.6) is 0 Å². The summed E-state index contributed by atoms with van der Waals surface area (Å²) >= 11 is 0. The summed E-state index contributed by atoms with van der Waals surface area (Å²) in [5.41, 5.74) is 0. The summed E-state index contributed by atoms with van der Waals surface area (Å²) < 4.78 is 5.13. The molecule has 0 bridgehead atoms. The summed E-state index contributed by atoms with van der Waals surface area (Å²) in [7, 11) is 1.81. The Bertz CT molecular complexity index is 194. The van der Waals surface area contributed by atoms with E-state index in [-0.39, 0.29) is 23.0 Å². The van der Waals surface area contributed by atoms with E-state index in [4.69, 9.17) is 4.74 Å². The van der Waals surface area contributed by atoms with E-state index in [9.17, 15) is 4.79 Å². The molecule has 0 heterocycles. The maximum atomic E-state index is 11.5. The van der Waals surface area contributed by atoms with Crippen LogP contribution in [0.15, 0.2) is 25.3 Å². The number of hydrogen-bond acceptors (Lipinski definition) is 2. The summed E-state index contributed by atoms with van der Waals surface area (Å²) in [6, 6.07) is 0. The number of likely N-dealkylation sites (N-methyl/N-ethyl adjacent to an activating group) is 1. The Morgan fingerprint density at radius 1 is 1.36 bits per heavy atom. The predicted molar refractivity (Wildman–Crippen MR) is 53.3 cm³/mol. The molecule has 0 aromatic carbocycles. The van der Waals surface area contributed by atoms with Crippen LogP contribution >= 0.6 is 0 Å². The molecule has 0 aliphatic rings. The van der Waals surface area contributed by atoms with Crippen LogP contribution in [0.25, 0.3) is 0 Å². The first-order valence-electron chi connectivity index (χ1n) is 4.34. The maximum Gasteiger partial charge on any atom is 0.516 e. The van der Waals surface area contributed by atoms with Gasteiger partial charge in [0.25, 0.3) is 0 Å². The standard InChI is InChI=1S/C10H18NO2.ClH/c1-5-8-11(4,9-6-2)10(12)13-7-3;/h5-6H,1-2,7-9H2,3-4H3;1H/q+1;/p-1. The number of halogens is 1. The molecular formula is C10H18ClNO2. The Morgan fingerprint density at radius 2 is 1.79 bits per heavy atom. The van der Waals surface area contributed by atoms with Gasteiger partial charge in [0, 0.05) is 0 Å². The van der Waals surface area contributed by atoms with Gasteiger partial charge >= 0.3 is 6.09 Å². The fourth-order valence-electron chi connectivity index (χ4n) is 1.07. The minimum atomic E-state index is -0.234. The number of hydrogen-bond donors (Lipinski definition) is 0. The molecule has 0 fully saturated rings. The summed E-state index contributed by atoms with van der Waals surface area (Å²) in [6.07, 6.45) is 3.18. The van der Waals surface area contributed by atoms with Crippen LogP contribution in [-0.2, 0) is 4.74 Å². The van der Waals surface area contributed by atoms with Crippen molar-refractivity contribution in [2.75, 3.05) is 26.7 Å². The molecule has 0 atom stereocenters. The summed E-state index contributed by atoms with van der Waals surface area (Å²) in [4.78, 5) is 11.5. The van der Waals surface area contributed by atoms with E-state index in [1.807, 2.05) is 0 Å². The van der Waals surface area contributed by atoms with Crippen molar-refractivity contribution in [1.82, 2.24) is 0 Å². The quantitative estimate of drug-likeness (QED) is 0.437. The number of amides is 1. The van der Waals surface area contributed by atoms with Gasteiger partial charge in [-0.2, -0.15) is 4.79 Å². The lowest BCUT2D eigenvalue weighted by molar-refractivity contribution is -0.825. The van der Waals surface area contributed by atoms with E-state index >= 15 is 0 Å². The Kier molecular flexibility index (Phi) is 8.49. The Hall–Kier alpha value is -0.800. The van der Waals surface area contributed by atoms with E-state index in [1.54, 1.807) is 26.1 Å². The second kappa shape index (κ2) is 7.59. The molecule has 14 heavy (non-hydrogen) atoms. The number of quaternary nitrogens is 1. The van der Waals surface area contributed by atoms with Gasteiger partial charge in [0.15, 0.2) is 0 Å². The van der Waals surface area contributed by atoms with E-state index in [0.717, 1.165) is 0 Å². The van der Waals surface area contributed by atoms with Crippen LogP contribution in [0.1, 0.15) is 6.92 Å². The molecule has 0 N–H and O–H groups in total. The van der Waals surface area contributed by atoms with Crippen molar-refractivity contribution in [3.8, 4) is 0 Å². The third kappa shape index (κ3) is 4.44. The number of rotatable bonds is 5. The van der Waals surface area contributed by atoms with Gasteiger partial charge < -0.3 is 17.1 Å². The normalized spacial score (nSPS) is 9.86. The lowest BCUT2D eigenvalue weighted by Crippen LogP contribution is -3.00. The first-order valence-corrected chi connectivity index (χ1v) is 4.34. The number of carbonyl (C=O) groups excluding carboxylic acids is 1. The van der Waals surface area contributed by atoms with Crippen molar-refractivity contribution in [3.63, 3.8) is 0 Å². The van der Waals surface area contributed by atoms with E-state index < -0.39 is 0 Å². The molecule has 0 radical (unpaired) electrons. The number of ether oxygens (including phenoxy) is 1. The molecule has 82 valence electrons. The van der Waals surface area contributed by atoms with E-state index in [2.05, 4.69) is 13.2 Å². The Labute approximate surface area is 92.0 Å². The molecule has 0 saturated heterocycles. The van der Waals surface area contributed by atoms with Gasteiger partial charge in [0.05, 0.1) is 13.7 Å². The van der Waals surface area contributed by atoms with Crippen LogP contribution in [0.2, 0.25) is 0 Å². The molecule has 0 aromatic heterocycles. The van der Waals surface area contributed by atoms with Crippen molar-refractivity contribution in [1.29, 1.82) is 0 Å². The van der Waals surface area contributed by atoms with Gasteiger partial charge in [-0.15, -0.1) is 0 Å². The number of nitrogens with zero attached hydrogens (tertiary/aromatic N) is 1. The van der Waals surface area contributed by atoms with Crippen LogP contribution in [-0.4, -0.2) is 37.3 Å². The zero-order valence-electron chi connectivity index (χ0n) is 8.83. The van der Waals surface area contributed by atoms with Crippen LogP contribution in [0, 0.1) is 0 Å². The molecule has 0 aliphatic carbocycles. The highest BCUT2D eigenvalue weighted by Crippen LogP contribution is 2.06. The minimum Gasteiger partial charge on any atom is -1.00 e. The van der Waals surface area contributed by atoms with Gasteiger partial charge in [-0.25, -0.2) is 4.48 Å². The third-order valence-corrected chi connectivity index (χ3v) is 1.77. The molecular weight excluding hydrogens is 202 g/mol. The summed E-state index contributed by atoms with van der Waals surface area (Å²) in [6.45, 7) is 10.5. The van der Waals surface area contributed by atoms with Crippen LogP contribution < -0.4 is 12.4 Å². The lowest BCUT2D eigenvalue weighted by Gasteiger charge is -2.27. The summed E-state index contributed by atoms with van der Waals surface area (Å²) in [5.74, 6) is 0. The molecule has 1 amide bonds. The Morgan fingerprint density at radius 3 is 2.07 bits per heavy atom. The highest BCUT2D eigenvalue weighted by Gasteiger charge is 2.30. The van der Waals surface area contributed by atoms with Gasteiger partial charge in [-0.05, 0) is 19.1 Å². The van der Waals surface area contributed by atoms with Gasteiger partial charge in [0.2, 0.25) is 0 Å². The third-order valence-electron chi connectivity index (χ3n) is 1.77. The fourth-order valence-corrected chi connectivity index (χ4v) is 1.07. The molecule has 0 aromatic rings. The fraction of sp³-hybridized carbons (Fsp3) is 0.500. The van der Waals surface area contributed by atoms with Crippen molar-refractivity contribution >= 4 is 6.09 Å². The first kappa shape index (κ1) is 15.7. The highest BCUT2D eigenvalue weighted by atomic mass is 35.5. The van der Waals surface area contributed by atoms with Crippen LogP contribution in [0.3, 0.4) is 0 Å². The smallest absolute Gasteiger partial charge is 0.516 e. The van der Waals surface area contributed by atoms with Gasteiger partial charge in [-0.1, -0.05) is 13.2 Å². The van der Waals surface area contributed by atoms with Gasteiger partial charge in [0.1, 0.15) is 13.1 Å². The minimum absolute atomic E-state index is 0. The molecule has 0 unspecified atom stereocenters. The SMILES string of the molecule is C=CC[N+](C)(CC=C)C(=O)OCC.[Cl-]. The second-order valence-corrected chi connectivity index (χ2v) is 3.04. The summed E-state index contributed by atoms with van der Waals surface area (Å²) in [5, 5.41) is 0. The Balaban J connectivity index is 0. The molecule has 0 aliphatic heterocycles. The van der Waals surface area contributed by atoms with Crippen molar-refractivity contribution < 1.29 is 26.4 Å². The monoisotopic (exact) mass is 219 g/mol. The second-order valence-electron chi connectivity index (χ2n) is 3.04. The molecule has 3 nitrogen and oxygen atoms in total. The van der Waals surface area contributed by atoms with Crippen LogP contribution in [0.4, 0.5) is 4.79 Å². The van der Waals surface area contributed by atoms with Crippen molar-refractivity contribution in [2.45, 2.75) is 6.92 Å². The van der Waals surface area contributed by atoms with Gasteiger partial charge in [-0.3, -0.25) is 0 Å². The first-order chi connectivity index (χ1) is 6.10. The zero-order chi connectivity index (χ0) is 10.3. The van der Waals surface area contributed by atoms with E-state index in [0.29, 0.717) is 19.7 Å². The largest absolute Gasteiger partial charge is 1.00 e. The molecule has 0 spiro atoms. The van der Waals surface area contributed by atoms with E-state index in [1.165, 1.54) is 0 Å². The topological polar surface area (TPSA) is 26.3 Å². The number of carbonyl (C=O) groups is 1. The zero-order valence-corrected chi connectivity index (χ0v) is 9.59. The molecule has 4 heteroatoms. The average molecular weight is 220 g/mol.